The van der Waals surface area contributed by atoms with Gasteiger partial charge in [-0.25, -0.2) is 10.5 Å². The molecule has 1 amide bonds. The van der Waals surface area contributed by atoms with Crippen molar-refractivity contribution < 1.29 is 22.8 Å². The lowest BCUT2D eigenvalue weighted by Crippen LogP contribution is -2.29. The van der Waals surface area contributed by atoms with Crippen molar-refractivity contribution in [1.29, 1.82) is 0 Å². The molecule has 0 unspecified atom stereocenters. The van der Waals surface area contributed by atoms with E-state index < -0.39 is 18.7 Å². The van der Waals surface area contributed by atoms with Gasteiger partial charge in [-0.15, -0.1) is 0 Å². The van der Waals surface area contributed by atoms with Crippen LogP contribution in [0.5, 0.6) is 0 Å². The summed E-state index contributed by atoms with van der Waals surface area (Å²) in [4.78, 5) is 18.8. The van der Waals surface area contributed by atoms with Gasteiger partial charge >= 0.3 is 6.18 Å². The van der Waals surface area contributed by atoms with Gasteiger partial charge in [0.25, 0.3) is 5.91 Å². The van der Waals surface area contributed by atoms with Gasteiger partial charge in [0, 0.05) is 6.20 Å². The second kappa shape index (κ2) is 5.52. The fourth-order valence-electron chi connectivity index (χ4n) is 0.813. The number of amides is 1. The largest absolute Gasteiger partial charge is 0.414 e. The number of alkyl halides is 3. The van der Waals surface area contributed by atoms with E-state index in [2.05, 4.69) is 9.82 Å². The number of aromatic nitrogens is 1. The van der Waals surface area contributed by atoms with Gasteiger partial charge in [0.2, 0.25) is 0 Å². The minimum Gasteiger partial charge on any atom is -0.267 e. The first-order valence-corrected chi connectivity index (χ1v) is 4.85. The van der Waals surface area contributed by atoms with Crippen molar-refractivity contribution in [1.82, 2.24) is 10.5 Å². The molecule has 9 heteroatoms. The molecule has 1 N–H and O–H groups in total. The van der Waals surface area contributed by atoms with E-state index in [1.54, 1.807) is 5.48 Å². The second-order valence-corrected chi connectivity index (χ2v) is 3.62. The molecule has 0 fully saturated rings. The second-order valence-electron chi connectivity index (χ2n) is 2.82. The van der Waals surface area contributed by atoms with Crippen molar-refractivity contribution in [2.45, 2.75) is 6.18 Å². The summed E-state index contributed by atoms with van der Waals surface area (Å²) in [6.45, 7) is -1.60. The standard InChI is InChI=1S/C8H5Cl2F3N2O2/c9-5-1-6(10)14-2-4(5)7(16)15-17-3-8(11,12)13/h1-2H,3H2,(H,15,16). The number of nitrogens with zero attached hydrogens (tertiary/aromatic N) is 1. The molecule has 1 aromatic heterocycles. The Bertz CT molecular complexity index is 426. The monoisotopic (exact) mass is 288 g/mol. The number of carbonyl (C=O) groups excluding carboxylic acids is 1. The molecule has 1 heterocycles. The predicted molar refractivity (Wildman–Crippen MR) is 53.7 cm³/mol. The van der Waals surface area contributed by atoms with Crippen LogP contribution >= 0.6 is 23.2 Å². The molecule has 94 valence electrons. The van der Waals surface area contributed by atoms with Crippen LogP contribution in [0, 0.1) is 0 Å². The van der Waals surface area contributed by atoms with Crippen LogP contribution in [0.25, 0.3) is 0 Å². The number of halogens is 5. The SMILES string of the molecule is O=C(NOCC(F)(F)F)c1cnc(Cl)cc1Cl. The number of hydrogen-bond donors (Lipinski definition) is 1. The van der Waals surface area contributed by atoms with E-state index in [1.807, 2.05) is 0 Å². The van der Waals surface area contributed by atoms with Crippen LogP contribution in [0.3, 0.4) is 0 Å². The highest BCUT2D eigenvalue weighted by Gasteiger charge is 2.28. The summed E-state index contributed by atoms with van der Waals surface area (Å²) in [5, 5.41) is 0.0147. The first-order chi connectivity index (χ1) is 7.79. The first kappa shape index (κ1) is 14.0. The Morgan fingerprint density at radius 3 is 2.65 bits per heavy atom. The van der Waals surface area contributed by atoms with Crippen LogP contribution in [0.15, 0.2) is 12.3 Å². The Kier molecular flexibility index (Phi) is 4.55. The third-order valence-corrected chi connectivity index (χ3v) is 1.98. The number of rotatable bonds is 3. The van der Waals surface area contributed by atoms with Crippen molar-refractivity contribution in [2.24, 2.45) is 0 Å². The number of nitrogens with one attached hydrogen (secondary N) is 1. The summed E-state index contributed by atoms with van der Waals surface area (Å²) in [5.74, 6) is -0.941. The van der Waals surface area contributed by atoms with Crippen LogP contribution in [0.4, 0.5) is 13.2 Å². The van der Waals surface area contributed by atoms with E-state index in [0.29, 0.717) is 0 Å². The fraction of sp³-hybridized carbons (Fsp3) is 0.250. The van der Waals surface area contributed by atoms with Crippen LogP contribution in [-0.4, -0.2) is 23.7 Å². The Morgan fingerprint density at radius 2 is 2.12 bits per heavy atom. The lowest BCUT2D eigenvalue weighted by molar-refractivity contribution is -0.184. The Balaban J connectivity index is 2.59. The van der Waals surface area contributed by atoms with Gasteiger partial charge in [-0.05, 0) is 6.07 Å². The quantitative estimate of drug-likeness (QED) is 0.687. The third-order valence-electron chi connectivity index (χ3n) is 1.47. The van der Waals surface area contributed by atoms with Gasteiger partial charge in [-0.3, -0.25) is 9.63 Å². The Morgan fingerprint density at radius 1 is 1.47 bits per heavy atom. The van der Waals surface area contributed by atoms with Crippen LogP contribution in [0.2, 0.25) is 10.2 Å². The molecule has 1 rings (SSSR count). The zero-order valence-corrected chi connectivity index (χ0v) is 9.53. The molecule has 0 spiro atoms. The van der Waals surface area contributed by atoms with Crippen molar-refractivity contribution in [2.75, 3.05) is 6.61 Å². The van der Waals surface area contributed by atoms with Crippen LogP contribution < -0.4 is 5.48 Å². The van der Waals surface area contributed by atoms with Gasteiger partial charge in [0.1, 0.15) is 5.15 Å². The summed E-state index contributed by atoms with van der Waals surface area (Å²) in [6.07, 6.45) is -3.51. The van der Waals surface area contributed by atoms with E-state index >= 15 is 0 Å². The molecule has 17 heavy (non-hydrogen) atoms. The summed E-state index contributed by atoms with van der Waals surface area (Å²) in [6, 6.07) is 1.18. The zero-order valence-electron chi connectivity index (χ0n) is 8.02. The highest BCUT2D eigenvalue weighted by atomic mass is 35.5. The summed E-state index contributed by atoms with van der Waals surface area (Å²) in [5.41, 5.74) is 1.45. The van der Waals surface area contributed by atoms with Gasteiger partial charge in [-0.2, -0.15) is 13.2 Å². The molecule has 0 radical (unpaired) electrons. The lowest BCUT2D eigenvalue weighted by atomic mass is 10.3. The maximum Gasteiger partial charge on any atom is 0.414 e. The molecular formula is C8H5Cl2F3N2O2. The van der Waals surface area contributed by atoms with E-state index in [1.165, 1.54) is 6.07 Å². The molecule has 0 aromatic carbocycles. The van der Waals surface area contributed by atoms with Gasteiger partial charge in [-0.1, -0.05) is 23.2 Å². The molecule has 1 aromatic rings. The number of pyridine rings is 1. The third kappa shape index (κ3) is 4.76. The molecule has 0 saturated carbocycles. The highest BCUT2D eigenvalue weighted by Crippen LogP contribution is 2.18. The minimum absolute atomic E-state index is 0.0434. The van der Waals surface area contributed by atoms with Crippen molar-refractivity contribution in [3.05, 3.63) is 28.0 Å². The van der Waals surface area contributed by atoms with E-state index in [-0.39, 0.29) is 15.7 Å². The average Bonchev–Trinajstić information content (AvgIpc) is 2.15. The predicted octanol–water partition coefficient (Wildman–Crippen LogP) is 2.61. The molecule has 0 aliphatic carbocycles. The van der Waals surface area contributed by atoms with E-state index in [0.717, 1.165) is 6.20 Å². The van der Waals surface area contributed by atoms with Crippen molar-refractivity contribution in [3.8, 4) is 0 Å². The average molecular weight is 289 g/mol. The number of carbonyl (C=O) groups is 1. The van der Waals surface area contributed by atoms with Gasteiger partial charge < -0.3 is 0 Å². The molecule has 0 atom stereocenters. The summed E-state index contributed by atoms with van der Waals surface area (Å²) < 4.78 is 35.1. The fourth-order valence-corrected chi connectivity index (χ4v) is 1.26. The maximum absolute atomic E-state index is 11.7. The molecular weight excluding hydrogens is 284 g/mol. The van der Waals surface area contributed by atoms with Crippen molar-refractivity contribution >= 4 is 29.1 Å². The molecule has 0 saturated heterocycles. The van der Waals surface area contributed by atoms with E-state index in [9.17, 15) is 18.0 Å². The topological polar surface area (TPSA) is 51.2 Å². The summed E-state index contributed by atoms with van der Waals surface area (Å²) >= 11 is 11.1. The lowest BCUT2D eigenvalue weighted by Gasteiger charge is -2.08. The number of hydroxylamine groups is 1. The van der Waals surface area contributed by atoms with Crippen molar-refractivity contribution in [3.63, 3.8) is 0 Å². The molecule has 0 aliphatic rings. The smallest absolute Gasteiger partial charge is 0.267 e. The van der Waals surface area contributed by atoms with Crippen LogP contribution in [-0.2, 0) is 4.84 Å². The zero-order chi connectivity index (χ0) is 13.1. The summed E-state index contributed by atoms with van der Waals surface area (Å²) in [7, 11) is 0. The Labute approximate surface area is 104 Å². The molecule has 0 bridgehead atoms. The van der Waals surface area contributed by atoms with Gasteiger partial charge in [0.05, 0.1) is 10.6 Å². The molecule has 4 nitrogen and oxygen atoms in total. The first-order valence-electron chi connectivity index (χ1n) is 4.09. The number of hydrogen-bond acceptors (Lipinski definition) is 3. The van der Waals surface area contributed by atoms with Gasteiger partial charge in [0.15, 0.2) is 6.61 Å². The molecule has 0 aliphatic heterocycles. The van der Waals surface area contributed by atoms with E-state index in [4.69, 9.17) is 23.2 Å². The minimum atomic E-state index is -4.53. The Hall–Kier alpha value is -1.05. The maximum atomic E-state index is 11.7. The highest BCUT2D eigenvalue weighted by molar-refractivity contribution is 6.36. The normalized spacial score (nSPS) is 11.4. The van der Waals surface area contributed by atoms with Crippen LogP contribution in [0.1, 0.15) is 10.4 Å².